The quantitative estimate of drug-likeness (QED) is 0.620. The van der Waals surface area contributed by atoms with Gasteiger partial charge in [0.1, 0.15) is 18.8 Å². The van der Waals surface area contributed by atoms with Crippen LogP contribution in [0.4, 0.5) is 22.0 Å². The summed E-state index contributed by atoms with van der Waals surface area (Å²) in [5, 5.41) is 7.74. The smallest absolute Gasteiger partial charge is 0.327 e. The van der Waals surface area contributed by atoms with Crippen molar-refractivity contribution in [3.05, 3.63) is 35.1 Å². The highest BCUT2D eigenvalue weighted by Gasteiger charge is 2.54. The first-order chi connectivity index (χ1) is 14.1. The van der Waals surface area contributed by atoms with E-state index >= 15 is 0 Å². The van der Waals surface area contributed by atoms with Crippen LogP contribution in [-0.2, 0) is 11.0 Å². The van der Waals surface area contributed by atoms with Crippen molar-refractivity contribution in [2.24, 2.45) is 11.8 Å². The normalized spacial score (nSPS) is 31.0. The van der Waals surface area contributed by atoms with E-state index in [1.54, 1.807) is 24.0 Å². The Balaban J connectivity index is 1.69. The SMILES string of the molecule is CN(C)C1NC(=O)C2C(CF)NN(C(c3ccc(C(F)(F)F)c(F)c3)C3CC3)C2N1. The molecule has 1 saturated carbocycles. The maximum atomic E-state index is 14.3. The van der Waals surface area contributed by atoms with Crippen molar-refractivity contribution >= 4 is 5.91 Å². The van der Waals surface area contributed by atoms with Crippen LogP contribution >= 0.6 is 0 Å². The molecule has 5 unspecified atom stereocenters. The highest BCUT2D eigenvalue weighted by Crippen LogP contribution is 2.47. The number of halogens is 5. The molecule has 0 spiro atoms. The molecule has 2 aliphatic heterocycles. The summed E-state index contributed by atoms with van der Waals surface area (Å²) >= 11 is 0. The van der Waals surface area contributed by atoms with E-state index in [0.29, 0.717) is 5.56 Å². The maximum Gasteiger partial charge on any atom is 0.419 e. The highest BCUT2D eigenvalue weighted by molar-refractivity contribution is 5.81. The molecule has 3 aliphatic rings. The number of carbonyl (C=O) groups is 1. The lowest BCUT2D eigenvalue weighted by molar-refractivity contribution is -0.140. The van der Waals surface area contributed by atoms with Gasteiger partial charge in [0.25, 0.3) is 0 Å². The van der Waals surface area contributed by atoms with E-state index < -0.39 is 54.7 Å². The van der Waals surface area contributed by atoms with E-state index in [1.807, 2.05) is 0 Å². The monoisotopic (exact) mass is 433 g/mol. The molecule has 166 valence electrons. The molecule has 30 heavy (non-hydrogen) atoms. The Morgan fingerprint density at radius 3 is 2.50 bits per heavy atom. The topological polar surface area (TPSA) is 59.6 Å². The van der Waals surface area contributed by atoms with E-state index in [-0.39, 0.29) is 11.8 Å². The molecule has 1 aromatic carbocycles. The van der Waals surface area contributed by atoms with E-state index in [4.69, 9.17) is 0 Å². The van der Waals surface area contributed by atoms with Crippen LogP contribution in [0.15, 0.2) is 18.2 Å². The number of hydrazine groups is 1. The van der Waals surface area contributed by atoms with Crippen LogP contribution in [0.25, 0.3) is 0 Å². The van der Waals surface area contributed by atoms with Gasteiger partial charge in [-0.1, -0.05) is 6.07 Å². The van der Waals surface area contributed by atoms with Crippen molar-refractivity contribution in [3.8, 4) is 0 Å². The summed E-state index contributed by atoms with van der Waals surface area (Å²) in [6, 6.07) is 1.63. The Kier molecular flexibility index (Phi) is 5.50. The lowest BCUT2D eigenvalue weighted by Gasteiger charge is -2.42. The van der Waals surface area contributed by atoms with E-state index in [0.717, 1.165) is 25.0 Å². The van der Waals surface area contributed by atoms with Gasteiger partial charge in [-0.05, 0) is 50.6 Å². The Hall–Kier alpha value is -1.82. The summed E-state index contributed by atoms with van der Waals surface area (Å²) in [5.74, 6) is -2.32. The highest BCUT2D eigenvalue weighted by atomic mass is 19.4. The number of amides is 1. The molecule has 0 radical (unpaired) electrons. The van der Waals surface area contributed by atoms with Gasteiger partial charge in [0.05, 0.1) is 29.7 Å². The molecule has 3 fully saturated rings. The zero-order valence-corrected chi connectivity index (χ0v) is 16.5. The molecule has 3 N–H and O–H groups in total. The van der Waals surface area contributed by atoms with Gasteiger partial charge in [0.2, 0.25) is 5.91 Å². The molecule has 5 atom stereocenters. The third-order valence-electron chi connectivity index (χ3n) is 5.99. The molecule has 11 heteroatoms. The number of hydrogen-bond donors (Lipinski definition) is 3. The van der Waals surface area contributed by atoms with Gasteiger partial charge in [-0.15, -0.1) is 0 Å². The molecule has 2 heterocycles. The average molecular weight is 433 g/mol. The first-order valence-corrected chi connectivity index (χ1v) is 9.81. The van der Waals surface area contributed by atoms with Gasteiger partial charge in [-0.25, -0.2) is 19.2 Å². The molecule has 4 rings (SSSR count). The zero-order chi connectivity index (χ0) is 21.8. The van der Waals surface area contributed by atoms with Crippen molar-refractivity contribution in [1.29, 1.82) is 0 Å². The third kappa shape index (κ3) is 3.79. The van der Waals surface area contributed by atoms with Crippen LogP contribution in [-0.4, -0.2) is 55.1 Å². The Morgan fingerprint density at radius 2 is 1.97 bits per heavy atom. The fraction of sp³-hybridized carbons (Fsp3) is 0.632. The third-order valence-corrected chi connectivity index (χ3v) is 5.99. The second-order valence-electron chi connectivity index (χ2n) is 8.33. The van der Waals surface area contributed by atoms with Gasteiger partial charge in [-0.3, -0.25) is 15.0 Å². The van der Waals surface area contributed by atoms with Crippen molar-refractivity contribution in [1.82, 2.24) is 26.0 Å². The molecular weight excluding hydrogens is 409 g/mol. The Labute approximate surface area is 170 Å². The molecule has 0 aromatic heterocycles. The molecule has 1 amide bonds. The van der Waals surface area contributed by atoms with Gasteiger partial charge in [0, 0.05) is 0 Å². The molecule has 1 aliphatic carbocycles. The standard InChI is InChI=1S/C19H24F5N5O/c1-28(2)18-25-16-14(17(30)26-18)13(8-20)27-29(16)15(9-3-4-9)10-5-6-11(12(21)7-10)19(22,23)24/h5-7,9,13-16,18,25,27H,3-4,8H2,1-2H3,(H,26,30). The predicted octanol–water partition coefficient (Wildman–Crippen LogP) is 1.96. The summed E-state index contributed by atoms with van der Waals surface area (Å²) in [5.41, 5.74) is 2.07. The number of nitrogens with one attached hydrogen (secondary N) is 3. The minimum Gasteiger partial charge on any atom is -0.327 e. The lowest BCUT2D eigenvalue weighted by Crippen LogP contribution is -2.68. The summed E-state index contributed by atoms with van der Waals surface area (Å²) in [6.07, 6.45) is -4.25. The largest absolute Gasteiger partial charge is 0.419 e. The van der Waals surface area contributed by atoms with Crippen LogP contribution in [0.5, 0.6) is 0 Å². The number of hydrogen-bond acceptors (Lipinski definition) is 5. The van der Waals surface area contributed by atoms with Crippen LogP contribution in [0.3, 0.4) is 0 Å². The van der Waals surface area contributed by atoms with Gasteiger partial charge < -0.3 is 5.32 Å². The second kappa shape index (κ2) is 7.70. The van der Waals surface area contributed by atoms with Crippen LogP contribution in [0.2, 0.25) is 0 Å². The van der Waals surface area contributed by atoms with Crippen molar-refractivity contribution in [2.75, 3.05) is 20.8 Å². The number of fused-ring (bicyclic) bond motifs is 1. The van der Waals surface area contributed by atoms with Gasteiger partial charge in [0.15, 0.2) is 0 Å². The lowest BCUT2D eigenvalue weighted by atomic mass is 9.94. The maximum absolute atomic E-state index is 14.3. The molecule has 2 saturated heterocycles. The summed E-state index contributed by atoms with van der Waals surface area (Å²) in [7, 11) is 3.53. The van der Waals surface area contributed by atoms with E-state index in [9.17, 15) is 26.7 Å². The number of benzene rings is 1. The fourth-order valence-corrected chi connectivity index (χ4v) is 4.37. The van der Waals surface area contributed by atoms with Crippen LogP contribution < -0.4 is 16.1 Å². The number of nitrogens with zero attached hydrogens (tertiary/aromatic N) is 2. The van der Waals surface area contributed by atoms with Crippen molar-refractivity contribution < 1.29 is 26.7 Å². The first-order valence-electron chi connectivity index (χ1n) is 9.81. The summed E-state index contributed by atoms with van der Waals surface area (Å²) in [4.78, 5) is 14.4. The van der Waals surface area contributed by atoms with Crippen molar-refractivity contribution in [2.45, 2.75) is 43.6 Å². The Bertz CT molecular complexity index is 815. The first kappa shape index (κ1) is 21.4. The van der Waals surface area contributed by atoms with Crippen LogP contribution in [0, 0.1) is 17.7 Å². The zero-order valence-electron chi connectivity index (χ0n) is 16.5. The predicted molar refractivity (Wildman–Crippen MR) is 97.6 cm³/mol. The van der Waals surface area contributed by atoms with E-state index in [2.05, 4.69) is 16.1 Å². The molecule has 0 bridgehead atoms. The molecule has 6 nitrogen and oxygen atoms in total. The summed E-state index contributed by atoms with van der Waals surface area (Å²) < 4.78 is 66.9. The van der Waals surface area contributed by atoms with E-state index in [1.165, 1.54) is 6.07 Å². The minimum absolute atomic E-state index is 0.0669. The molecular formula is C19H24F5N5O. The van der Waals surface area contributed by atoms with Crippen molar-refractivity contribution in [3.63, 3.8) is 0 Å². The summed E-state index contributed by atoms with van der Waals surface area (Å²) in [6.45, 7) is -0.793. The molecule has 1 aromatic rings. The number of rotatable bonds is 5. The fourth-order valence-electron chi connectivity index (χ4n) is 4.37. The minimum atomic E-state index is -4.78. The second-order valence-corrected chi connectivity index (χ2v) is 8.33. The van der Waals surface area contributed by atoms with Crippen LogP contribution in [0.1, 0.15) is 30.0 Å². The number of carbonyl (C=O) groups excluding carboxylic acids is 1. The van der Waals surface area contributed by atoms with Gasteiger partial charge in [-0.2, -0.15) is 13.2 Å². The van der Waals surface area contributed by atoms with Gasteiger partial charge >= 0.3 is 6.18 Å². The number of alkyl halides is 4. The average Bonchev–Trinajstić information content (AvgIpc) is 3.42. The Morgan fingerprint density at radius 1 is 1.27 bits per heavy atom.